The monoisotopic (exact) mass is 335 g/mol. The van der Waals surface area contributed by atoms with E-state index < -0.39 is 0 Å². The van der Waals surface area contributed by atoms with Gasteiger partial charge in [0.2, 0.25) is 6.79 Å². The Hall–Kier alpha value is -3.08. The number of ether oxygens (including phenoxy) is 3. The van der Waals surface area contributed by atoms with E-state index in [1.165, 1.54) is 0 Å². The summed E-state index contributed by atoms with van der Waals surface area (Å²) in [5.41, 5.74) is 3.55. The maximum absolute atomic E-state index is 12.6. The van der Waals surface area contributed by atoms with E-state index in [2.05, 4.69) is 0 Å². The highest BCUT2D eigenvalue weighted by molar-refractivity contribution is 6.03. The van der Waals surface area contributed by atoms with E-state index >= 15 is 0 Å². The zero-order valence-corrected chi connectivity index (χ0v) is 14.0. The van der Waals surface area contributed by atoms with E-state index in [9.17, 15) is 4.79 Å². The largest absolute Gasteiger partial charge is 0.462 e. The number of benzene rings is 2. The number of hydrogen-bond acceptors (Lipinski definition) is 5. The van der Waals surface area contributed by atoms with Crippen molar-refractivity contribution < 1.29 is 19.0 Å². The molecule has 5 nitrogen and oxygen atoms in total. The summed E-state index contributed by atoms with van der Waals surface area (Å²) in [4.78, 5) is 17.4. The lowest BCUT2D eigenvalue weighted by atomic mass is 9.97. The van der Waals surface area contributed by atoms with Gasteiger partial charge in [-0.2, -0.15) is 0 Å². The highest BCUT2D eigenvalue weighted by atomic mass is 16.7. The van der Waals surface area contributed by atoms with Gasteiger partial charge in [0.15, 0.2) is 11.5 Å². The third kappa shape index (κ3) is 2.58. The van der Waals surface area contributed by atoms with Gasteiger partial charge in [0.25, 0.3) is 0 Å². The fourth-order valence-electron chi connectivity index (χ4n) is 3.07. The molecule has 1 aromatic heterocycles. The lowest BCUT2D eigenvalue weighted by Crippen LogP contribution is -2.10. The van der Waals surface area contributed by atoms with Crippen molar-refractivity contribution in [3.05, 3.63) is 53.6 Å². The van der Waals surface area contributed by atoms with Crippen LogP contribution >= 0.6 is 0 Å². The number of nitrogens with zero attached hydrogens (tertiary/aromatic N) is 1. The second-order valence-electron chi connectivity index (χ2n) is 5.77. The Balaban J connectivity index is 2.02. The number of esters is 1. The van der Waals surface area contributed by atoms with Crippen LogP contribution < -0.4 is 9.47 Å². The first kappa shape index (κ1) is 15.4. The summed E-state index contributed by atoms with van der Waals surface area (Å²) >= 11 is 0. The number of aromatic nitrogens is 1. The summed E-state index contributed by atoms with van der Waals surface area (Å²) in [6.45, 7) is 4.21. The first-order chi connectivity index (χ1) is 12.2. The van der Waals surface area contributed by atoms with Gasteiger partial charge in [0, 0.05) is 17.0 Å². The minimum Gasteiger partial charge on any atom is -0.462 e. The molecule has 0 atom stereocenters. The fraction of sp³-hybridized carbons (Fsp3) is 0.200. The zero-order valence-electron chi connectivity index (χ0n) is 14.0. The first-order valence-corrected chi connectivity index (χ1v) is 8.15. The quantitative estimate of drug-likeness (QED) is 0.674. The maximum atomic E-state index is 12.6. The molecule has 3 aromatic rings. The molecule has 0 aliphatic carbocycles. The summed E-state index contributed by atoms with van der Waals surface area (Å²) in [5.74, 6) is 0.966. The van der Waals surface area contributed by atoms with Crippen LogP contribution in [0.2, 0.25) is 0 Å². The third-order valence-electron chi connectivity index (χ3n) is 4.27. The van der Waals surface area contributed by atoms with Gasteiger partial charge in [0.05, 0.1) is 23.4 Å². The van der Waals surface area contributed by atoms with E-state index in [0.717, 1.165) is 22.0 Å². The number of pyridine rings is 1. The number of hydrogen-bond donors (Lipinski definition) is 0. The van der Waals surface area contributed by atoms with E-state index in [1.807, 2.05) is 49.4 Å². The number of fused-ring (bicyclic) bond motifs is 2. The lowest BCUT2D eigenvalue weighted by molar-refractivity contribution is 0.0526. The van der Waals surface area contributed by atoms with Gasteiger partial charge in [-0.15, -0.1) is 0 Å². The summed E-state index contributed by atoms with van der Waals surface area (Å²) < 4.78 is 16.2. The van der Waals surface area contributed by atoms with Crippen LogP contribution in [-0.2, 0) is 4.74 Å². The molecule has 5 heteroatoms. The van der Waals surface area contributed by atoms with Gasteiger partial charge in [-0.25, -0.2) is 9.78 Å². The SMILES string of the molecule is CCOC(=O)c1c(-c2ccccc2)nc2cc3c(cc2c1C)OCO3. The number of carbonyl (C=O) groups excluding carboxylic acids is 1. The molecule has 2 heterocycles. The molecular weight excluding hydrogens is 318 g/mol. The van der Waals surface area contributed by atoms with E-state index in [-0.39, 0.29) is 12.8 Å². The summed E-state index contributed by atoms with van der Waals surface area (Å²) in [6.07, 6.45) is 0. The second-order valence-corrected chi connectivity index (χ2v) is 5.77. The van der Waals surface area contributed by atoms with Crippen LogP contribution in [0.1, 0.15) is 22.8 Å². The molecule has 0 saturated heterocycles. The average Bonchev–Trinajstić information content (AvgIpc) is 3.08. The molecule has 4 rings (SSSR count). The van der Waals surface area contributed by atoms with E-state index in [0.29, 0.717) is 29.4 Å². The summed E-state index contributed by atoms with van der Waals surface area (Å²) in [7, 11) is 0. The minimum atomic E-state index is -0.370. The molecule has 0 fully saturated rings. The Kier molecular flexibility index (Phi) is 3.76. The van der Waals surface area contributed by atoms with Crippen LogP contribution in [0.15, 0.2) is 42.5 Å². The molecule has 0 radical (unpaired) electrons. The minimum absolute atomic E-state index is 0.195. The van der Waals surface area contributed by atoms with Crippen molar-refractivity contribution in [2.24, 2.45) is 0 Å². The van der Waals surface area contributed by atoms with Gasteiger partial charge in [-0.1, -0.05) is 30.3 Å². The third-order valence-corrected chi connectivity index (χ3v) is 4.27. The average molecular weight is 335 g/mol. The standard InChI is InChI=1S/C20H17NO4/c1-3-23-20(22)18-12(2)14-9-16-17(25-11-24-16)10-15(14)21-19(18)13-7-5-4-6-8-13/h4-10H,3,11H2,1-2H3. The molecule has 0 amide bonds. The van der Waals surface area contributed by atoms with Crippen LogP contribution in [0.5, 0.6) is 11.5 Å². The second kappa shape index (κ2) is 6.09. The molecule has 0 saturated carbocycles. The Morgan fingerprint density at radius 3 is 2.60 bits per heavy atom. The Bertz CT molecular complexity index is 967. The van der Waals surface area contributed by atoms with Gasteiger partial charge in [-0.3, -0.25) is 0 Å². The van der Waals surface area contributed by atoms with Crippen molar-refractivity contribution in [3.8, 4) is 22.8 Å². The molecule has 1 aliphatic rings. The van der Waals surface area contributed by atoms with Crippen LogP contribution in [-0.4, -0.2) is 24.4 Å². The van der Waals surface area contributed by atoms with Crippen LogP contribution in [0, 0.1) is 6.92 Å². The van der Waals surface area contributed by atoms with Crippen LogP contribution in [0.4, 0.5) is 0 Å². The summed E-state index contributed by atoms with van der Waals surface area (Å²) in [6, 6.07) is 13.4. The van der Waals surface area contributed by atoms with Gasteiger partial charge in [0.1, 0.15) is 0 Å². The van der Waals surface area contributed by atoms with Crippen LogP contribution in [0.3, 0.4) is 0 Å². The molecule has 0 spiro atoms. The highest BCUT2D eigenvalue weighted by Gasteiger charge is 2.23. The van der Waals surface area contributed by atoms with Crippen molar-refractivity contribution in [1.82, 2.24) is 4.98 Å². The first-order valence-electron chi connectivity index (χ1n) is 8.15. The fourth-order valence-corrected chi connectivity index (χ4v) is 3.07. The Labute approximate surface area is 145 Å². The van der Waals surface area contributed by atoms with E-state index in [1.54, 1.807) is 6.92 Å². The maximum Gasteiger partial charge on any atom is 0.340 e. The molecular formula is C20H17NO4. The molecule has 126 valence electrons. The number of rotatable bonds is 3. The van der Waals surface area contributed by atoms with Crippen molar-refractivity contribution >= 4 is 16.9 Å². The molecule has 0 N–H and O–H groups in total. The van der Waals surface area contributed by atoms with Gasteiger partial charge < -0.3 is 14.2 Å². The predicted octanol–water partition coefficient (Wildman–Crippen LogP) is 4.12. The summed E-state index contributed by atoms with van der Waals surface area (Å²) in [5, 5.41) is 0.854. The predicted molar refractivity (Wildman–Crippen MR) is 94.0 cm³/mol. The number of aryl methyl sites for hydroxylation is 1. The lowest BCUT2D eigenvalue weighted by Gasteiger charge is -2.14. The van der Waals surface area contributed by atoms with Crippen molar-refractivity contribution in [3.63, 3.8) is 0 Å². The topological polar surface area (TPSA) is 57.7 Å². The molecule has 2 aromatic carbocycles. The van der Waals surface area contributed by atoms with Gasteiger partial charge in [-0.05, 0) is 25.5 Å². The molecule has 25 heavy (non-hydrogen) atoms. The van der Waals surface area contributed by atoms with Crippen molar-refractivity contribution in [1.29, 1.82) is 0 Å². The normalized spacial score (nSPS) is 12.4. The van der Waals surface area contributed by atoms with Crippen molar-refractivity contribution in [2.75, 3.05) is 13.4 Å². The molecule has 0 unspecified atom stereocenters. The highest BCUT2D eigenvalue weighted by Crippen LogP contribution is 2.39. The van der Waals surface area contributed by atoms with Crippen LogP contribution in [0.25, 0.3) is 22.2 Å². The van der Waals surface area contributed by atoms with Gasteiger partial charge >= 0.3 is 5.97 Å². The Morgan fingerprint density at radius 2 is 1.88 bits per heavy atom. The number of carbonyl (C=O) groups is 1. The van der Waals surface area contributed by atoms with E-state index in [4.69, 9.17) is 19.2 Å². The Morgan fingerprint density at radius 1 is 1.16 bits per heavy atom. The zero-order chi connectivity index (χ0) is 17.4. The van der Waals surface area contributed by atoms with Crippen molar-refractivity contribution in [2.45, 2.75) is 13.8 Å². The molecule has 0 bridgehead atoms. The molecule has 1 aliphatic heterocycles. The smallest absolute Gasteiger partial charge is 0.340 e.